The van der Waals surface area contributed by atoms with Gasteiger partial charge < -0.3 is 5.32 Å². The van der Waals surface area contributed by atoms with Crippen LogP contribution in [-0.4, -0.2) is 15.7 Å². The standard InChI is InChI=1S/C21H20FN3O/c1-2-20-19(13-23-25(20)18-10-7-16(22)8-11-18)21(26)24-17-9-6-14-4-3-5-15(14)12-17/h6-13H,2-5H2,1H3,(H,24,26). The van der Waals surface area contributed by atoms with E-state index in [0.29, 0.717) is 12.0 Å². The van der Waals surface area contributed by atoms with Crippen molar-refractivity contribution in [2.75, 3.05) is 5.32 Å². The third-order valence-corrected chi connectivity index (χ3v) is 4.88. The largest absolute Gasteiger partial charge is 0.322 e. The summed E-state index contributed by atoms with van der Waals surface area (Å²) in [5.74, 6) is -0.471. The second kappa shape index (κ2) is 6.75. The van der Waals surface area contributed by atoms with Crippen molar-refractivity contribution in [1.29, 1.82) is 0 Å². The highest BCUT2D eigenvalue weighted by molar-refractivity contribution is 6.05. The second-order valence-corrected chi connectivity index (χ2v) is 6.54. The predicted molar refractivity (Wildman–Crippen MR) is 99.3 cm³/mol. The fourth-order valence-electron chi connectivity index (χ4n) is 3.56. The number of aromatic nitrogens is 2. The lowest BCUT2D eigenvalue weighted by atomic mass is 10.1. The zero-order valence-electron chi connectivity index (χ0n) is 14.6. The van der Waals surface area contributed by atoms with Crippen LogP contribution in [0, 0.1) is 5.82 Å². The van der Waals surface area contributed by atoms with Gasteiger partial charge in [0, 0.05) is 5.69 Å². The maximum atomic E-state index is 13.2. The number of carbonyl (C=O) groups is 1. The van der Waals surface area contributed by atoms with E-state index in [1.54, 1.807) is 23.0 Å². The van der Waals surface area contributed by atoms with Crippen molar-refractivity contribution in [3.63, 3.8) is 0 Å². The molecular formula is C21H20FN3O. The van der Waals surface area contributed by atoms with E-state index in [9.17, 15) is 9.18 Å². The van der Waals surface area contributed by atoms with Gasteiger partial charge in [0.05, 0.1) is 23.1 Å². The van der Waals surface area contributed by atoms with E-state index in [-0.39, 0.29) is 11.7 Å². The topological polar surface area (TPSA) is 46.9 Å². The third kappa shape index (κ3) is 3.01. The summed E-state index contributed by atoms with van der Waals surface area (Å²) in [4.78, 5) is 12.8. The Morgan fingerprint density at radius 2 is 1.92 bits per heavy atom. The molecule has 0 bridgehead atoms. The Morgan fingerprint density at radius 1 is 1.15 bits per heavy atom. The maximum Gasteiger partial charge on any atom is 0.259 e. The Hall–Kier alpha value is -2.95. The smallest absolute Gasteiger partial charge is 0.259 e. The fourth-order valence-corrected chi connectivity index (χ4v) is 3.56. The Kier molecular flexibility index (Phi) is 4.29. The van der Waals surface area contributed by atoms with Gasteiger partial charge in [-0.1, -0.05) is 13.0 Å². The van der Waals surface area contributed by atoms with Gasteiger partial charge in [-0.25, -0.2) is 9.07 Å². The number of nitrogens with zero attached hydrogens (tertiary/aromatic N) is 2. The minimum absolute atomic E-state index is 0.173. The summed E-state index contributed by atoms with van der Waals surface area (Å²) in [5, 5.41) is 7.33. The van der Waals surface area contributed by atoms with E-state index in [1.807, 2.05) is 13.0 Å². The summed E-state index contributed by atoms with van der Waals surface area (Å²) < 4.78 is 14.9. The van der Waals surface area contributed by atoms with Gasteiger partial charge in [-0.05, 0) is 73.2 Å². The Morgan fingerprint density at radius 3 is 2.69 bits per heavy atom. The lowest BCUT2D eigenvalue weighted by Gasteiger charge is -2.09. The maximum absolute atomic E-state index is 13.2. The molecule has 0 saturated heterocycles. The normalized spacial score (nSPS) is 12.8. The van der Waals surface area contributed by atoms with Crippen molar-refractivity contribution in [1.82, 2.24) is 9.78 Å². The summed E-state index contributed by atoms with van der Waals surface area (Å²) in [7, 11) is 0. The van der Waals surface area contributed by atoms with Crippen LogP contribution in [0.5, 0.6) is 0 Å². The average molecular weight is 349 g/mol. The van der Waals surface area contributed by atoms with Crippen LogP contribution in [0.25, 0.3) is 5.69 Å². The zero-order valence-corrected chi connectivity index (χ0v) is 14.6. The highest BCUT2D eigenvalue weighted by atomic mass is 19.1. The number of hydrogen-bond donors (Lipinski definition) is 1. The molecule has 3 aromatic rings. The number of rotatable bonds is 4. The summed E-state index contributed by atoms with van der Waals surface area (Å²) in [6, 6.07) is 12.2. The van der Waals surface area contributed by atoms with E-state index in [2.05, 4.69) is 22.5 Å². The lowest BCUT2D eigenvalue weighted by Crippen LogP contribution is -2.14. The van der Waals surface area contributed by atoms with Crippen LogP contribution in [0.4, 0.5) is 10.1 Å². The van der Waals surface area contributed by atoms with Crippen molar-refractivity contribution < 1.29 is 9.18 Å². The number of nitrogens with one attached hydrogen (secondary N) is 1. The number of aryl methyl sites for hydroxylation is 2. The molecule has 0 aliphatic heterocycles. The van der Waals surface area contributed by atoms with Crippen molar-refractivity contribution in [2.45, 2.75) is 32.6 Å². The van der Waals surface area contributed by atoms with Crippen molar-refractivity contribution in [2.24, 2.45) is 0 Å². The van der Waals surface area contributed by atoms with E-state index >= 15 is 0 Å². The van der Waals surface area contributed by atoms with Gasteiger partial charge >= 0.3 is 0 Å². The molecule has 0 saturated carbocycles. The molecule has 1 N–H and O–H groups in total. The van der Waals surface area contributed by atoms with Gasteiger partial charge in [0.1, 0.15) is 5.82 Å². The Balaban J connectivity index is 1.61. The van der Waals surface area contributed by atoms with E-state index in [0.717, 1.165) is 29.9 Å². The summed E-state index contributed by atoms with van der Waals surface area (Å²) in [5.41, 5.74) is 5.58. The lowest BCUT2D eigenvalue weighted by molar-refractivity contribution is 0.102. The first-order chi connectivity index (χ1) is 12.7. The molecule has 1 heterocycles. The molecule has 0 fully saturated rings. The van der Waals surface area contributed by atoms with Gasteiger partial charge in [-0.2, -0.15) is 5.10 Å². The predicted octanol–water partition coefficient (Wildman–Crippen LogP) is 4.31. The first kappa shape index (κ1) is 16.5. The van der Waals surface area contributed by atoms with Gasteiger partial charge in [-0.15, -0.1) is 0 Å². The number of amides is 1. The van der Waals surface area contributed by atoms with Gasteiger partial charge in [0.25, 0.3) is 5.91 Å². The first-order valence-corrected chi connectivity index (χ1v) is 8.91. The number of halogens is 1. The highest BCUT2D eigenvalue weighted by Gasteiger charge is 2.18. The highest BCUT2D eigenvalue weighted by Crippen LogP contribution is 2.25. The molecule has 1 aromatic heterocycles. The van der Waals surface area contributed by atoms with Gasteiger partial charge in [-0.3, -0.25) is 4.79 Å². The minimum atomic E-state index is -0.298. The monoisotopic (exact) mass is 349 g/mol. The number of carbonyl (C=O) groups excluding carboxylic acids is 1. The molecular weight excluding hydrogens is 329 g/mol. The van der Waals surface area contributed by atoms with Crippen molar-refractivity contribution >= 4 is 11.6 Å². The van der Waals surface area contributed by atoms with Crippen LogP contribution in [0.15, 0.2) is 48.7 Å². The summed E-state index contributed by atoms with van der Waals surface area (Å²) >= 11 is 0. The number of hydrogen-bond acceptors (Lipinski definition) is 2. The van der Waals surface area contributed by atoms with Crippen LogP contribution in [-0.2, 0) is 19.3 Å². The van der Waals surface area contributed by atoms with Crippen molar-refractivity contribution in [3.05, 3.63) is 76.9 Å². The molecule has 0 radical (unpaired) electrons. The number of fused-ring (bicyclic) bond motifs is 1. The first-order valence-electron chi connectivity index (χ1n) is 8.91. The molecule has 4 nitrogen and oxygen atoms in total. The van der Waals surface area contributed by atoms with Crippen LogP contribution in [0.2, 0.25) is 0 Å². The van der Waals surface area contributed by atoms with Crippen molar-refractivity contribution in [3.8, 4) is 5.69 Å². The fraction of sp³-hybridized carbons (Fsp3) is 0.238. The zero-order chi connectivity index (χ0) is 18.1. The molecule has 132 valence electrons. The van der Waals surface area contributed by atoms with Gasteiger partial charge in [0.2, 0.25) is 0 Å². The van der Waals surface area contributed by atoms with Crippen LogP contribution >= 0.6 is 0 Å². The molecule has 1 aliphatic carbocycles. The molecule has 0 unspecified atom stereocenters. The Labute approximate surface area is 151 Å². The molecule has 5 heteroatoms. The third-order valence-electron chi connectivity index (χ3n) is 4.88. The average Bonchev–Trinajstić information content (AvgIpc) is 3.28. The molecule has 0 spiro atoms. The van der Waals surface area contributed by atoms with Crippen LogP contribution in [0.3, 0.4) is 0 Å². The van der Waals surface area contributed by atoms with E-state index < -0.39 is 0 Å². The van der Waals surface area contributed by atoms with Crippen LogP contribution in [0.1, 0.15) is 40.5 Å². The Bertz CT molecular complexity index is 960. The number of benzene rings is 2. The molecule has 2 aromatic carbocycles. The van der Waals surface area contributed by atoms with Crippen LogP contribution < -0.4 is 5.32 Å². The number of anilines is 1. The SMILES string of the molecule is CCc1c(C(=O)Nc2ccc3c(c2)CCC3)cnn1-c1ccc(F)cc1. The molecule has 1 aliphatic rings. The molecule has 26 heavy (non-hydrogen) atoms. The van der Waals surface area contributed by atoms with E-state index in [4.69, 9.17) is 0 Å². The quantitative estimate of drug-likeness (QED) is 0.763. The molecule has 4 rings (SSSR count). The van der Waals surface area contributed by atoms with Gasteiger partial charge in [0.15, 0.2) is 0 Å². The molecule has 1 amide bonds. The summed E-state index contributed by atoms with van der Waals surface area (Å²) in [6.45, 7) is 1.98. The minimum Gasteiger partial charge on any atom is -0.322 e. The second-order valence-electron chi connectivity index (χ2n) is 6.54. The molecule has 0 atom stereocenters. The summed E-state index contributed by atoms with van der Waals surface area (Å²) in [6.07, 6.45) is 5.59. The van der Waals surface area contributed by atoms with E-state index in [1.165, 1.54) is 29.7 Å².